The molecule has 0 saturated carbocycles. The van der Waals surface area contributed by atoms with Gasteiger partial charge in [-0.05, 0) is 68.0 Å². The van der Waals surface area contributed by atoms with E-state index in [1.807, 2.05) is 25.1 Å². The highest BCUT2D eigenvalue weighted by molar-refractivity contribution is 5.86. The molecule has 2 fully saturated rings. The highest BCUT2D eigenvalue weighted by Gasteiger charge is 2.42. The van der Waals surface area contributed by atoms with Gasteiger partial charge < -0.3 is 39.7 Å². The van der Waals surface area contributed by atoms with Gasteiger partial charge in [0.15, 0.2) is 0 Å². The number of aryl methyl sites for hydroxylation is 1. The molecule has 0 aromatic heterocycles. The van der Waals surface area contributed by atoms with Crippen LogP contribution >= 0.6 is 0 Å². The number of rotatable bonds is 10. The Morgan fingerprint density at radius 3 is 2.69 bits per heavy atom. The average Bonchev–Trinajstić information content (AvgIpc) is 3.04. The number of hydrogen-bond donors (Lipinski definition) is 4. The van der Waals surface area contributed by atoms with Gasteiger partial charge in [0.25, 0.3) is 0 Å². The number of benzene rings is 2. The number of phenols is 1. The quantitative estimate of drug-likeness (QED) is 0.196. The van der Waals surface area contributed by atoms with Crippen molar-refractivity contribution in [3.8, 4) is 11.5 Å². The van der Waals surface area contributed by atoms with E-state index in [1.165, 1.54) is 19.3 Å². The summed E-state index contributed by atoms with van der Waals surface area (Å²) in [6.07, 6.45) is 5.22. The van der Waals surface area contributed by atoms with Crippen molar-refractivity contribution in [2.75, 3.05) is 6.54 Å². The minimum Gasteiger partial charge on any atom is -0.507 e. The summed E-state index contributed by atoms with van der Waals surface area (Å²) in [7, 11) is 0. The lowest BCUT2D eigenvalue weighted by atomic mass is 9.79. The molecule has 1 amide bonds. The van der Waals surface area contributed by atoms with Gasteiger partial charge in [0, 0.05) is 54.6 Å². The Bertz CT molecular complexity index is 1530. The van der Waals surface area contributed by atoms with Crippen molar-refractivity contribution >= 4 is 17.4 Å². The van der Waals surface area contributed by atoms with E-state index in [2.05, 4.69) is 23.2 Å². The first-order chi connectivity index (χ1) is 23.1. The van der Waals surface area contributed by atoms with Gasteiger partial charge in [0.1, 0.15) is 23.6 Å². The van der Waals surface area contributed by atoms with Crippen molar-refractivity contribution < 1.29 is 39.1 Å². The maximum absolute atomic E-state index is 13.7. The van der Waals surface area contributed by atoms with E-state index in [0.717, 1.165) is 52.8 Å². The number of amides is 1. The summed E-state index contributed by atoms with van der Waals surface area (Å²) in [6.45, 7) is 6.40. The lowest BCUT2D eigenvalue weighted by molar-refractivity contribution is -0.216. The second-order valence-electron chi connectivity index (χ2n) is 13.9. The molecular weight excluding hydrogens is 612 g/mol. The molecule has 0 bridgehead atoms. The second kappa shape index (κ2) is 14.9. The van der Waals surface area contributed by atoms with Crippen molar-refractivity contribution in [1.82, 2.24) is 10.2 Å². The summed E-state index contributed by atoms with van der Waals surface area (Å²) in [5.41, 5.74) is 6.26. The van der Waals surface area contributed by atoms with Crippen molar-refractivity contribution in [1.29, 1.82) is 0 Å². The smallest absolute Gasteiger partial charge is 0.330 e. The van der Waals surface area contributed by atoms with Gasteiger partial charge in [0.05, 0.1) is 12.2 Å². The number of esters is 1. The minimum absolute atomic E-state index is 0.123. The largest absolute Gasteiger partial charge is 0.507 e. The molecule has 2 aromatic carbocycles. The summed E-state index contributed by atoms with van der Waals surface area (Å²) in [4.78, 5) is 28.7. The Balaban J connectivity index is 1.23. The van der Waals surface area contributed by atoms with Gasteiger partial charge >= 0.3 is 5.97 Å². The summed E-state index contributed by atoms with van der Waals surface area (Å²) < 4.78 is 18.5. The van der Waals surface area contributed by atoms with Gasteiger partial charge in [-0.25, -0.2) is 4.79 Å². The van der Waals surface area contributed by atoms with E-state index >= 15 is 0 Å². The first-order valence-electron chi connectivity index (χ1n) is 17.8. The molecule has 4 aliphatic rings. The topological polar surface area (TPSA) is 138 Å². The monoisotopic (exact) mass is 662 g/mol. The highest BCUT2D eigenvalue weighted by Crippen LogP contribution is 2.50. The van der Waals surface area contributed by atoms with E-state index in [9.17, 15) is 24.9 Å². The maximum atomic E-state index is 13.7. The van der Waals surface area contributed by atoms with Crippen molar-refractivity contribution in [2.24, 2.45) is 0 Å². The van der Waals surface area contributed by atoms with Crippen LogP contribution in [0, 0.1) is 6.92 Å². The SMILES string of the molecule is CCCCCCCCC(=O)N[C@H]1CCCN2C3=C(Cc4cccc(O[C@H]5C[C@@H](O)[C@@H](O)[C@H](C)O5)c4C3)c3c(O)cc(C)cc3C2OC1=O. The second-order valence-corrected chi connectivity index (χ2v) is 13.9. The van der Waals surface area contributed by atoms with Crippen LogP contribution in [0.4, 0.5) is 0 Å². The lowest BCUT2D eigenvalue weighted by Crippen LogP contribution is -2.48. The highest BCUT2D eigenvalue weighted by atomic mass is 16.7. The third-order valence-corrected chi connectivity index (χ3v) is 10.2. The number of carbonyl (C=O) groups is 2. The number of aliphatic hydroxyl groups excluding tert-OH is 2. The molecule has 0 radical (unpaired) electrons. The predicted molar refractivity (Wildman–Crippen MR) is 180 cm³/mol. The molecule has 6 rings (SSSR count). The molecule has 6 atom stereocenters. The Hall–Kier alpha value is -3.60. The molecule has 1 unspecified atom stereocenters. The zero-order chi connectivity index (χ0) is 33.9. The first kappa shape index (κ1) is 34.3. The molecule has 48 heavy (non-hydrogen) atoms. The Kier molecular flexibility index (Phi) is 10.6. The number of fused-ring (bicyclic) bond motifs is 6. The van der Waals surface area contributed by atoms with Crippen LogP contribution in [-0.2, 0) is 31.9 Å². The Morgan fingerprint density at radius 1 is 1.10 bits per heavy atom. The van der Waals surface area contributed by atoms with E-state index in [-0.39, 0.29) is 18.1 Å². The number of hydrogen-bond acceptors (Lipinski definition) is 9. The van der Waals surface area contributed by atoms with Crippen LogP contribution < -0.4 is 10.1 Å². The number of nitrogens with zero attached hydrogens (tertiary/aromatic N) is 1. The molecule has 1 aliphatic carbocycles. The van der Waals surface area contributed by atoms with Gasteiger partial charge in [-0.2, -0.15) is 0 Å². The van der Waals surface area contributed by atoms with E-state index < -0.39 is 42.8 Å². The zero-order valence-corrected chi connectivity index (χ0v) is 28.4. The van der Waals surface area contributed by atoms with E-state index in [4.69, 9.17) is 14.2 Å². The number of unbranched alkanes of at least 4 members (excludes halogenated alkanes) is 5. The van der Waals surface area contributed by atoms with Gasteiger partial charge in [-0.3, -0.25) is 4.79 Å². The van der Waals surface area contributed by atoms with Gasteiger partial charge in [-0.15, -0.1) is 0 Å². The van der Waals surface area contributed by atoms with Gasteiger partial charge in [0.2, 0.25) is 18.4 Å². The fourth-order valence-corrected chi connectivity index (χ4v) is 7.65. The number of carbonyl (C=O) groups excluding carboxylic acids is 2. The third kappa shape index (κ3) is 7.21. The molecule has 4 N–H and O–H groups in total. The average molecular weight is 663 g/mol. The number of nitrogens with one attached hydrogen (secondary N) is 1. The van der Waals surface area contributed by atoms with Crippen LogP contribution in [0.2, 0.25) is 0 Å². The number of aliphatic hydroxyl groups is 2. The molecule has 2 aromatic rings. The fourth-order valence-electron chi connectivity index (χ4n) is 7.65. The molecule has 3 heterocycles. The maximum Gasteiger partial charge on any atom is 0.330 e. The molecule has 0 spiro atoms. The molecule has 3 aliphatic heterocycles. The van der Waals surface area contributed by atoms with Crippen molar-refractivity contribution in [3.63, 3.8) is 0 Å². The number of aromatic hydroxyl groups is 1. The minimum atomic E-state index is -0.971. The van der Waals surface area contributed by atoms with Crippen LogP contribution in [0.25, 0.3) is 5.57 Å². The molecule has 10 heteroatoms. The Labute approximate surface area is 283 Å². The zero-order valence-electron chi connectivity index (χ0n) is 28.4. The van der Waals surface area contributed by atoms with Crippen LogP contribution in [0.15, 0.2) is 36.0 Å². The van der Waals surface area contributed by atoms with Gasteiger partial charge in [-0.1, -0.05) is 51.2 Å². The van der Waals surface area contributed by atoms with Crippen LogP contribution in [0.5, 0.6) is 11.5 Å². The fraction of sp³-hybridized carbons (Fsp3) is 0.579. The normalized spacial score (nSPS) is 26.7. The number of phenolic OH excluding ortho intramolecular Hbond substituents is 1. The first-order valence-corrected chi connectivity index (χ1v) is 17.8. The molecule has 10 nitrogen and oxygen atoms in total. The predicted octanol–water partition coefficient (Wildman–Crippen LogP) is 5.33. The van der Waals surface area contributed by atoms with E-state index in [0.29, 0.717) is 50.0 Å². The molecule has 2 saturated heterocycles. The van der Waals surface area contributed by atoms with Crippen LogP contribution in [-0.4, -0.2) is 69.3 Å². The molecule has 260 valence electrons. The van der Waals surface area contributed by atoms with Crippen LogP contribution in [0.3, 0.4) is 0 Å². The summed E-state index contributed by atoms with van der Waals surface area (Å²) >= 11 is 0. The molecular formula is C38H50N2O8. The van der Waals surface area contributed by atoms with Crippen molar-refractivity contribution in [2.45, 2.75) is 135 Å². The van der Waals surface area contributed by atoms with Crippen LogP contribution in [0.1, 0.15) is 112 Å². The number of allylic oxidation sites excluding steroid dienone is 2. The summed E-state index contributed by atoms with van der Waals surface area (Å²) in [6, 6.07) is 8.86. The van der Waals surface area contributed by atoms with E-state index in [1.54, 1.807) is 13.0 Å². The summed E-state index contributed by atoms with van der Waals surface area (Å²) in [5.74, 6) is 0.184. The summed E-state index contributed by atoms with van der Waals surface area (Å²) in [5, 5.41) is 34.8. The lowest BCUT2D eigenvalue weighted by Gasteiger charge is -2.45. The third-order valence-electron chi connectivity index (χ3n) is 10.2. The number of ether oxygens (including phenoxy) is 3. The standard InChI is InChI=1S/C38H50N2O8/c1-4-5-6-7-8-9-15-33(43)39-28-13-11-16-40-29-20-25-24(12-10-14-32(25)47-34-21-31(42)36(44)23(3)46-34)19-26(29)35-27(37(40)48-38(28)45)17-22(2)18-30(35)41/h10,12,14,17-18,23,28,31,34,36-37,41-42,44H,4-9,11,13,15-16,19-21H2,1-3H3,(H,39,43)/t23-,28-,31+,34-,36-,37?/m0/s1. The van der Waals surface area contributed by atoms with Crippen molar-refractivity contribution in [3.05, 3.63) is 63.8 Å². The Morgan fingerprint density at radius 2 is 1.90 bits per heavy atom.